The van der Waals surface area contributed by atoms with Crippen molar-refractivity contribution in [1.29, 1.82) is 0 Å². The smallest absolute Gasteiger partial charge is 0.257 e. The summed E-state index contributed by atoms with van der Waals surface area (Å²) in [5, 5.41) is 4.76. The van der Waals surface area contributed by atoms with E-state index in [9.17, 15) is 13.2 Å². The fraction of sp³-hybridized carbons (Fsp3) is 0.158. The van der Waals surface area contributed by atoms with Crippen molar-refractivity contribution in [3.8, 4) is 11.3 Å². The van der Waals surface area contributed by atoms with Crippen molar-refractivity contribution in [3.63, 3.8) is 0 Å². The number of nitrogens with zero attached hydrogens (tertiary/aromatic N) is 1. The number of aromatic nitrogens is 1. The molecule has 0 fully saturated rings. The van der Waals surface area contributed by atoms with E-state index in [0.717, 1.165) is 17.5 Å². The minimum atomic E-state index is -3.37. The molecule has 0 atom stereocenters. The van der Waals surface area contributed by atoms with Crippen molar-refractivity contribution < 1.29 is 13.2 Å². The van der Waals surface area contributed by atoms with Crippen molar-refractivity contribution in [2.24, 2.45) is 0 Å². The van der Waals surface area contributed by atoms with E-state index < -0.39 is 15.7 Å². The molecule has 27 heavy (non-hydrogen) atoms. The van der Waals surface area contributed by atoms with Crippen LogP contribution >= 0.6 is 22.9 Å². The normalized spacial score (nSPS) is 10.7. The standard InChI is InChI=1S/C17H13ClN2O3S2.C2H6/c1-25(22,23)13-6-7-14(15(18)8-13)17(21)20-12-4-2-11(3-5-12)16-9-24-10-19-16;1-2/h2-10H,1H3,(H,20,21);1-2H3. The quantitative estimate of drug-likeness (QED) is 0.631. The Morgan fingerprint density at radius 3 is 2.30 bits per heavy atom. The second-order valence-corrected chi connectivity index (χ2v) is 8.46. The number of hydrogen-bond acceptors (Lipinski definition) is 5. The summed E-state index contributed by atoms with van der Waals surface area (Å²) >= 11 is 7.57. The predicted octanol–water partition coefficient (Wildman–Crippen LogP) is 5.15. The van der Waals surface area contributed by atoms with Crippen molar-refractivity contribution >= 4 is 44.4 Å². The van der Waals surface area contributed by atoms with Crippen LogP contribution in [0.4, 0.5) is 5.69 Å². The SMILES string of the molecule is CC.CS(=O)(=O)c1ccc(C(=O)Nc2ccc(-c3cscn3)cc2)c(Cl)c1. The number of anilines is 1. The molecule has 3 aromatic rings. The number of carbonyl (C=O) groups is 1. The van der Waals surface area contributed by atoms with Crippen molar-refractivity contribution in [2.75, 3.05) is 11.6 Å². The molecule has 1 N–H and O–H groups in total. The van der Waals surface area contributed by atoms with Gasteiger partial charge in [0.2, 0.25) is 0 Å². The predicted molar refractivity (Wildman–Crippen MR) is 111 cm³/mol. The van der Waals surface area contributed by atoms with E-state index in [1.807, 2.05) is 31.4 Å². The van der Waals surface area contributed by atoms with E-state index in [-0.39, 0.29) is 15.5 Å². The van der Waals surface area contributed by atoms with Crippen LogP contribution in [0, 0.1) is 0 Å². The summed E-state index contributed by atoms with van der Waals surface area (Å²) in [6.45, 7) is 4.00. The molecule has 142 valence electrons. The molecule has 5 nitrogen and oxygen atoms in total. The number of rotatable bonds is 4. The molecule has 0 unspecified atom stereocenters. The molecule has 1 heterocycles. The van der Waals surface area contributed by atoms with Gasteiger partial charge in [0.15, 0.2) is 9.84 Å². The summed E-state index contributed by atoms with van der Waals surface area (Å²) in [6, 6.07) is 11.3. The van der Waals surface area contributed by atoms with Crippen molar-refractivity contribution in [2.45, 2.75) is 18.7 Å². The minimum Gasteiger partial charge on any atom is -0.322 e. The molecular weight excluding hydrogens is 404 g/mol. The lowest BCUT2D eigenvalue weighted by atomic mass is 10.1. The molecule has 0 bridgehead atoms. The van der Waals surface area contributed by atoms with Crippen LogP contribution in [0.25, 0.3) is 11.3 Å². The van der Waals surface area contributed by atoms with Crippen molar-refractivity contribution in [3.05, 3.63) is 63.9 Å². The Morgan fingerprint density at radius 2 is 1.78 bits per heavy atom. The largest absolute Gasteiger partial charge is 0.322 e. The van der Waals surface area contributed by atoms with Gasteiger partial charge in [-0.05, 0) is 30.3 Å². The number of sulfone groups is 1. The van der Waals surface area contributed by atoms with Crippen LogP contribution in [-0.2, 0) is 9.84 Å². The average molecular weight is 423 g/mol. The molecule has 2 aromatic carbocycles. The van der Waals surface area contributed by atoms with Gasteiger partial charge in [-0.3, -0.25) is 4.79 Å². The highest BCUT2D eigenvalue weighted by Crippen LogP contribution is 2.24. The third-order valence-corrected chi connectivity index (χ3v) is 5.49. The lowest BCUT2D eigenvalue weighted by Crippen LogP contribution is -2.13. The van der Waals surface area contributed by atoms with Gasteiger partial charge in [0.25, 0.3) is 5.91 Å². The summed E-state index contributed by atoms with van der Waals surface area (Å²) in [5.41, 5.74) is 4.40. The van der Waals surface area contributed by atoms with Gasteiger partial charge < -0.3 is 5.32 Å². The fourth-order valence-corrected chi connectivity index (χ4v) is 3.73. The second-order valence-electron chi connectivity index (χ2n) is 5.32. The topological polar surface area (TPSA) is 76.1 Å². The Balaban J connectivity index is 0.00000126. The molecule has 0 spiro atoms. The van der Waals surface area contributed by atoms with Crippen LogP contribution in [0.3, 0.4) is 0 Å². The zero-order valence-electron chi connectivity index (χ0n) is 15.1. The number of benzene rings is 2. The second kappa shape index (κ2) is 9.12. The molecular formula is C19H19ClN2O3S2. The average Bonchev–Trinajstić information content (AvgIpc) is 3.18. The van der Waals surface area contributed by atoms with Crippen molar-refractivity contribution in [1.82, 2.24) is 4.98 Å². The molecule has 1 aromatic heterocycles. The van der Waals surface area contributed by atoms with E-state index in [1.165, 1.54) is 29.5 Å². The molecule has 8 heteroatoms. The molecule has 0 saturated heterocycles. The lowest BCUT2D eigenvalue weighted by molar-refractivity contribution is 0.102. The number of carbonyl (C=O) groups excluding carboxylic acids is 1. The first-order chi connectivity index (χ1) is 12.8. The third kappa shape index (κ3) is 5.38. The maximum atomic E-state index is 12.4. The zero-order valence-corrected chi connectivity index (χ0v) is 17.5. The maximum Gasteiger partial charge on any atom is 0.257 e. The highest BCUT2D eigenvalue weighted by molar-refractivity contribution is 7.90. The summed E-state index contributed by atoms with van der Waals surface area (Å²) in [5.74, 6) is -0.411. The van der Waals surface area contributed by atoms with Gasteiger partial charge >= 0.3 is 0 Å². The van der Waals surface area contributed by atoms with Gasteiger partial charge in [0.05, 0.1) is 26.7 Å². The van der Waals surface area contributed by atoms with Gasteiger partial charge in [0, 0.05) is 22.9 Å². The van der Waals surface area contributed by atoms with Crippen LogP contribution in [-0.4, -0.2) is 25.6 Å². The molecule has 0 saturated carbocycles. The molecule has 0 aliphatic rings. The van der Waals surface area contributed by atoms with Crippen LogP contribution in [0.1, 0.15) is 24.2 Å². The van der Waals surface area contributed by atoms with Gasteiger partial charge in [0.1, 0.15) is 0 Å². The van der Waals surface area contributed by atoms with E-state index in [4.69, 9.17) is 11.6 Å². The lowest BCUT2D eigenvalue weighted by Gasteiger charge is -2.08. The Kier molecular flexibility index (Phi) is 7.12. The maximum absolute atomic E-state index is 12.4. The fourth-order valence-electron chi connectivity index (χ4n) is 2.19. The Morgan fingerprint density at radius 1 is 1.11 bits per heavy atom. The highest BCUT2D eigenvalue weighted by Gasteiger charge is 2.15. The molecule has 0 aliphatic carbocycles. The molecule has 0 radical (unpaired) electrons. The summed E-state index contributed by atoms with van der Waals surface area (Å²) in [4.78, 5) is 16.7. The van der Waals surface area contributed by atoms with E-state index in [2.05, 4.69) is 10.3 Å². The molecule has 3 rings (SSSR count). The number of hydrogen-bond donors (Lipinski definition) is 1. The van der Waals surface area contributed by atoms with Crippen LogP contribution in [0.5, 0.6) is 0 Å². The van der Waals surface area contributed by atoms with E-state index in [0.29, 0.717) is 5.69 Å². The van der Waals surface area contributed by atoms with Crippen LogP contribution < -0.4 is 5.32 Å². The Labute approximate surface area is 168 Å². The number of nitrogens with one attached hydrogen (secondary N) is 1. The van der Waals surface area contributed by atoms with E-state index in [1.54, 1.807) is 17.6 Å². The number of thiazole rings is 1. The number of halogens is 1. The summed E-state index contributed by atoms with van der Waals surface area (Å²) in [7, 11) is -3.37. The van der Waals surface area contributed by atoms with E-state index >= 15 is 0 Å². The van der Waals surface area contributed by atoms with Crippen LogP contribution in [0.15, 0.2) is 58.3 Å². The monoisotopic (exact) mass is 422 g/mol. The Hall–Kier alpha value is -2.22. The summed E-state index contributed by atoms with van der Waals surface area (Å²) in [6.07, 6.45) is 1.09. The van der Waals surface area contributed by atoms with Crippen LogP contribution in [0.2, 0.25) is 5.02 Å². The Bertz CT molecular complexity index is 1020. The van der Waals surface area contributed by atoms with Gasteiger partial charge in [-0.1, -0.05) is 37.6 Å². The first-order valence-electron chi connectivity index (χ1n) is 8.14. The van der Waals surface area contributed by atoms with Gasteiger partial charge in [-0.25, -0.2) is 13.4 Å². The highest BCUT2D eigenvalue weighted by atomic mass is 35.5. The van der Waals surface area contributed by atoms with Gasteiger partial charge in [-0.15, -0.1) is 11.3 Å². The number of amides is 1. The first-order valence-corrected chi connectivity index (χ1v) is 11.4. The molecule has 1 amide bonds. The third-order valence-electron chi connectivity index (χ3n) is 3.48. The zero-order chi connectivity index (χ0) is 20.0. The first kappa shape index (κ1) is 21.1. The minimum absolute atomic E-state index is 0.0710. The summed E-state index contributed by atoms with van der Waals surface area (Å²) < 4.78 is 23.0. The van der Waals surface area contributed by atoms with Gasteiger partial charge in [-0.2, -0.15) is 0 Å². The molecule has 0 aliphatic heterocycles.